The van der Waals surface area contributed by atoms with Crippen LogP contribution in [0.15, 0.2) is 23.3 Å². The number of fused-ring (bicyclic) bond motifs is 3. The van der Waals surface area contributed by atoms with Gasteiger partial charge in [0.25, 0.3) is 5.56 Å². The lowest BCUT2D eigenvalue weighted by Crippen LogP contribution is -2.28. The second kappa shape index (κ2) is 7.75. The predicted octanol–water partition coefficient (Wildman–Crippen LogP) is 2.61. The minimum atomic E-state index is -0.352. The van der Waals surface area contributed by atoms with E-state index in [1.54, 1.807) is 23.5 Å². The lowest BCUT2D eigenvalue weighted by Gasteiger charge is -2.14. The average Bonchev–Trinajstić information content (AvgIpc) is 3.30. The Morgan fingerprint density at radius 3 is 2.55 bits per heavy atom. The summed E-state index contributed by atoms with van der Waals surface area (Å²) in [7, 11) is 4.51. The van der Waals surface area contributed by atoms with Gasteiger partial charge in [-0.05, 0) is 24.8 Å². The minimum absolute atomic E-state index is 0.136. The third-order valence-electron chi connectivity index (χ3n) is 4.95. The second-order valence-electron chi connectivity index (χ2n) is 6.68. The third-order valence-corrected chi connectivity index (χ3v) is 6.15. The van der Waals surface area contributed by atoms with Crippen molar-refractivity contribution in [2.45, 2.75) is 25.8 Å². The molecular weight excluding hydrogens is 394 g/mol. The van der Waals surface area contributed by atoms with Gasteiger partial charge in [-0.3, -0.25) is 14.2 Å². The van der Waals surface area contributed by atoms with Crippen LogP contribution < -0.4 is 25.1 Å². The van der Waals surface area contributed by atoms with Crippen molar-refractivity contribution in [1.82, 2.24) is 9.55 Å². The molecule has 1 aromatic carbocycles. The molecule has 0 fully saturated rings. The van der Waals surface area contributed by atoms with Gasteiger partial charge in [-0.2, -0.15) is 0 Å². The summed E-state index contributed by atoms with van der Waals surface area (Å²) in [6, 6.07) is 3.27. The molecule has 2 heterocycles. The highest BCUT2D eigenvalue weighted by molar-refractivity contribution is 7.18. The van der Waals surface area contributed by atoms with E-state index in [2.05, 4.69) is 10.3 Å². The van der Waals surface area contributed by atoms with E-state index in [0.29, 0.717) is 28.3 Å². The summed E-state index contributed by atoms with van der Waals surface area (Å²) in [6.45, 7) is -0.136. The fraction of sp³-hybridized carbons (Fsp3) is 0.350. The number of amides is 1. The lowest BCUT2D eigenvalue weighted by atomic mass is 10.2. The number of rotatable bonds is 6. The van der Waals surface area contributed by atoms with Gasteiger partial charge < -0.3 is 19.5 Å². The maximum atomic E-state index is 12.9. The van der Waals surface area contributed by atoms with E-state index in [1.807, 2.05) is 0 Å². The highest BCUT2D eigenvalue weighted by Gasteiger charge is 2.22. The molecule has 4 rings (SSSR count). The first kappa shape index (κ1) is 19.3. The molecule has 8 nitrogen and oxygen atoms in total. The average molecular weight is 415 g/mol. The largest absolute Gasteiger partial charge is 0.493 e. The van der Waals surface area contributed by atoms with Gasteiger partial charge in [-0.25, -0.2) is 4.98 Å². The van der Waals surface area contributed by atoms with Crippen LogP contribution in [-0.2, 0) is 24.2 Å². The van der Waals surface area contributed by atoms with Crippen molar-refractivity contribution in [2.75, 3.05) is 26.6 Å². The Bertz CT molecular complexity index is 1130. The molecule has 0 aliphatic heterocycles. The summed E-state index contributed by atoms with van der Waals surface area (Å²) >= 11 is 1.58. The number of ether oxygens (including phenoxy) is 3. The quantitative estimate of drug-likeness (QED) is 0.665. The van der Waals surface area contributed by atoms with Crippen LogP contribution in [0.1, 0.15) is 16.9 Å². The van der Waals surface area contributed by atoms with E-state index in [1.165, 1.54) is 37.1 Å². The molecule has 3 aromatic rings. The van der Waals surface area contributed by atoms with Gasteiger partial charge in [0, 0.05) is 22.7 Å². The molecule has 0 saturated carbocycles. The molecule has 1 aliphatic carbocycles. The van der Waals surface area contributed by atoms with E-state index in [4.69, 9.17) is 14.2 Å². The van der Waals surface area contributed by atoms with Gasteiger partial charge in [0.05, 0.1) is 33.0 Å². The number of hydrogen-bond acceptors (Lipinski definition) is 7. The van der Waals surface area contributed by atoms with E-state index < -0.39 is 0 Å². The maximum absolute atomic E-state index is 12.9. The number of nitrogens with zero attached hydrogens (tertiary/aromatic N) is 2. The first-order chi connectivity index (χ1) is 14.0. The number of anilines is 1. The van der Waals surface area contributed by atoms with Crippen molar-refractivity contribution in [3.63, 3.8) is 0 Å². The summed E-state index contributed by atoms with van der Waals surface area (Å²) in [5.74, 6) is 0.937. The Balaban J connectivity index is 1.59. The zero-order chi connectivity index (χ0) is 20.5. The second-order valence-corrected chi connectivity index (χ2v) is 7.76. The van der Waals surface area contributed by atoms with Crippen LogP contribution >= 0.6 is 11.3 Å². The molecular formula is C20H21N3O5S. The van der Waals surface area contributed by atoms with E-state index in [-0.39, 0.29) is 18.0 Å². The summed E-state index contributed by atoms with van der Waals surface area (Å²) in [6.07, 6.45) is 4.39. The number of hydrogen-bond donors (Lipinski definition) is 1. The molecule has 9 heteroatoms. The number of aryl methyl sites for hydroxylation is 2. The monoisotopic (exact) mass is 415 g/mol. The van der Waals surface area contributed by atoms with Crippen LogP contribution in [0.3, 0.4) is 0 Å². The van der Waals surface area contributed by atoms with E-state index in [9.17, 15) is 9.59 Å². The molecule has 0 spiro atoms. The Kier molecular flexibility index (Phi) is 5.14. The van der Waals surface area contributed by atoms with Crippen LogP contribution in [0.25, 0.3) is 10.2 Å². The van der Waals surface area contributed by atoms with Gasteiger partial charge in [0.2, 0.25) is 11.7 Å². The van der Waals surface area contributed by atoms with E-state index in [0.717, 1.165) is 29.7 Å². The highest BCUT2D eigenvalue weighted by atomic mass is 32.1. The Morgan fingerprint density at radius 2 is 1.90 bits per heavy atom. The topological polar surface area (TPSA) is 91.7 Å². The summed E-state index contributed by atoms with van der Waals surface area (Å²) in [4.78, 5) is 31.9. The summed E-state index contributed by atoms with van der Waals surface area (Å²) in [5.41, 5.74) is 1.40. The minimum Gasteiger partial charge on any atom is -0.493 e. The van der Waals surface area contributed by atoms with Crippen molar-refractivity contribution in [3.05, 3.63) is 39.3 Å². The SMILES string of the molecule is COc1cc(NC(=O)Cn2cnc3sc4c(c3c2=O)CCC4)cc(OC)c1OC. The number of nitrogens with one attached hydrogen (secondary N) is 1. The summed E-state index contributed by atoms with van der Waals surface area (Å²) < 4.78 is 17.2. The van der Waals surface area contributed by atoms with Gasteiger partial charge >= 0.3 is 0 Å². The summed E-state index contributed by atoms with van der Waals surface area (Å²) in [5, 5.41) is 3.43. The molecule has 0 saturated heterocycles. The molecule has 1 amide bonds. The number of carbonyl (C=O) groups excluding carboxylic acids is 1. The van der Waals surface area contributed by atoms with Crippen molar-refractivity contribution >= 4 is 33.1 Å². The number of aromatic nitrogens is 2. The van der Waals surface area contributed by atoms with Crippen molar-refractivity contribution in [3.8, 4) is 17.2 Å². The first-order valence-corrected chi connectivity index (χ1v) is 9.97. The van der Waals surface area contributed by atoms with Crippen LogP contribution in [-0.4, -0.2) is 36.8 Å². The van der Waals surface area contributed by atoms with Crippen LogP contribution in [0.2, 0.25) is 0 Å². The smallest absolute Gasteiger partial charge is 0.262 e. The van der Waals surface area contributed by atoms with Gasteiger partial charge in [-0.15, -0.1) is 11.3 Å². The molecule has 0 atom stereocenters. The molecule has 1 N–H and O–H groups in total. The first-order valence-electron chi connectivity index (χ1n) is 9.15. The Labute approximate surface area is 171 Å². The van der Waals surface area contributed by atoms with Crippen LogP contribution in [0.5, 0.6) is 17.2 Å². The van der Waals surface area contributed by atoms with Gasteiger partial charge in [0.1, 0.15) is 11.4 Å². The van der Waals surface area contributed by atoms with Crippen LogP contribution in [0.4, 0.5) is 5.69 Å². The predicted molar refractivity (Wildman–Crippen MR) is 111 cm³/mol. The molecule has 0 unspecified atom stereocenters. The Hall–Kier alpha value is -3.07. The maximum Gasteiger partial charge on any atom is 0.262 e. The van der Waals surface area contributed by atoms with Crippen molar-refractivity contribution < 1.29 is 19.0 Å². The van der Waals surface area contributed by atoms with Gasteiger partial charge in [-0.1, -0.05) is 0 Å². The van der Waals surface area contributed by atoms with Gasteiger partial charge in [0.15, 0.2) is 11.5 Å². The van der Waals surface area contributed by atoms with Crippen molar-refractivity contribution in [1.29, 1.82) is 0 Å². The van der Waals surface area contributed by atoms with Crippen LogP contribution in [0, 0.1) is 0 Å². The molecule has 2 aromatic heterocycles. The molecule has 152 valence electrons. The third kappa shape index (κ3) is 3.42. The molecule has 0 bridgehead atoms. The highest BCUT2D eigenvalue weighted by Crippen LogP contribution is 2.40. The lowest BCUT2D eigenvalue weighted by molar-refractivity contribution is -0.116. The fourth-order valence-corrected chi connectivity index (χ4v) is 4.86. The Morgan fingerprint density at radius 1 is 1.17 bits per heavy atom. The number of benzene rings is 1. The fourth-order valence-electron chi connectivity index (χ4n) is 3.64. The molecule has 0 radical (unpaired) electrons. The number of carbonyl (C=O) groups is 1. The standard InChI is InChI=1S/C20H21N3O5S/c1-26-13-7-11(8-14(27-2)18(13)28-3)22-16(24)9-23-10-21-19-17(20(23)25)12-5-4-6-15(12)29-19/h7-8,10H,4-6,9H2,1-3H3,(H,22,24). The normalized spacial score (nSPS) is 12.7. The van der Waals surface area contributed by atoms with Crippen molar-refractivity contribution in [2.24, 2.45) is 0 Å². The number of methoxy groups -OCH3 is 3. The number of thiophene rings is 1. The molecule has 1 aliphatic rings. The zero-order valence-corrected chi connectivity index (χ0v) is 17.2. The zero-order valence-electron chi connectivity index (χ0n) is 16.4. The molecule has 29 heavy (non-hydrogen) atoms. The van der Waals surface area contributed by atoms with E-state index >= 15 is 0 Å².